The second-order valence-electron chi connectivity index (χ2n) is 7.33. The first-order valence-corrected chi connectivity index (χ1v) is 10.2. The van der Waals surface area contributed by atoms with Crippen LogP contribution in [-0.4, -0.2) is 74.6 Å². The second kappa shape index (κ2) is 11.0. The molecule has 1 saturated heterocycles. The lowest BCUT2D eigenvalue weighted by Gasteiger charge is -2.32. The minimum Gasteiger partial charge on any atom is -0.497 e. The molecule has 1 fully saturated rings. The predicted molar refractivity (Wildman–Crippen MR) is 112 cm³/mol. The standard InChI is InChI=1S/C22H31N3O5/c1-27-10-11-30-16-21(26)24-7-4-18(5-8-24)22-23-6-9-25(22)15-17-12-19(28-2)14-20(13-17)29-3/h6,9,12-14,18H,4-5,7-8,10-11,15-16H2,1-3H3. The molecule has 0 radical (unpaired) electrons. The van der Waals surface area contributed by atoms with Gasteiger partial charge in [-0.15, -0.1) is 0 Å². The van der Waals surface area contributed by atoms with E-state index in [0.29, 0.717) is 25.7 Å². The molecule has 1 aliphatic heterocycles. The molecule has 0 N–H and O–H groups in total. The molecular formula is C22H31N3O5. The highest BCUT2D eigenvalue weighted by Crippen LogP contribution is 2.28. The van der Waals surface area contributed by atoms with Gasteiger partial charge in [0.1, 0.15) is 23.9 Å². The van der Waals surface area contributed by atoms with Gasteiger partial charge in [-0.2, -0.15) is 0 Å². The van der Waals surface area contributed by atoms with E-state index < -0.39 is 0 Å². The Bertz CT molecular complexity index is 793. The van der Waals surface area contributed by atoms with Crippen molar-refractivity contribution in [3.8, 4) is 11.5 Å². The van der Waals surface area contributed by atoms with E-state index in [9.17, 15) is 4.79 Å². The van der Waals surface area contributed by atoms with Crippen LogP contribution in [0.3, 0.4) is 0 Å². The van der Waals surface area contributed by atoms with Crippen LogP contribution in [0.1, 0.15) is 30.1 Å². The van der Waals surface area contributed by atoms with E-state index in [4.69, 9.17) is 18.9 Å². The number of imidazole rings is 1. The van der Waals surface area contributed by atoms with Crippen molar-refractivity contribution < 1.29 is 23.7 Å². The van der Waals surface area contributed by atoms with Gasteiger partial charge in [0.15, 0.2) is 0 Å². The van der Waals surface area contributed by atoms with Crippen molar-refractivity contribution in [1.29, 1.82) is 0 Å². The molecule has 1 aromatic carbocycles. The molecule has 30 heavy (non-hydrogen) atoms. The van der Waals surface area contributed by atoms with Crippen LogP contribution in [0.5, 0.6) is 11.5 Å². The summed E-state index contributed by atoms with van der Waals surface area (Å²) in [4.78, 5) is 18.8. The first-order valence-electron chi connectivity index (χ1n) is 10.2. The lowest BCUT2D eigenvalue weighted by Crippen LogP contribution is -2.40. The van der Waals surface area contributed by atoms with Crippen LogP contribution in [0.25, 0.3) is 0 Å². The number of amides is 1. The van der Waals surface area contributed by atoms with E-state index in [0.717, 1.165) is 48.8 Å². The number of carbonyl (C=O) groups excluding carboxylic acids is 1. The molecule has 0 unspecified atom stereocenters. The van der Waals surface area contributed by atoms with Gasteiger partial charge in [-0.1, -0.05) is 0 Å². The maximum absolute atomic E-state index is 12.3. The molecular weight excluding hydrogens is 386 g/mol. The van der Waals surface area contributed by atoms with Crippen LogP contribution in [0.2, 0.25) is 0 Å². The first kappa shape index (κ1) is 22.1. The molecule has 8 heteroatoms. The molecule has 2 aromatic rings. The molecule has 0 aliphatic carbocycles. The van der Waals surface area contributed by atoms with Gasteiger partial charge in [0, 0.05) is 51.1 Å². The third-order valence-electron chi connectivity index (χ3n) is 5.38. The lowest BCUT2D eigenvalue weighted by molar-refractivity contribution is -0.137. The third-order valence-corrected chi connectivity index (χ3v) is 5.38. The Morgan fingerprint density at radius 3 is 2.40 bits per heavy atom. The summed E-state index contributed by atoms with van der Waals surface area (Å²) in [5, 5.41) is 0. The number of methoxy groups -OCH3 is 3. The summed E-state index contributed by atoms with van der Waals surface area (Å²) in [5.41, 5.74) is 1.09. The minimum atomic E-state index is 0.0383. The number of carbonyl (C=O) groups is 1. The number of hydrogen-bond acceptors (Lipinski definition) is 6. The zero-order valence-electron chi connectivity index (χ0n) is 18.0. The average Bonchev–Trinajstić information content (AvgIpc) is 3.24. The highest BCUT2D eigenvalue weighted by molar-refractivity contribution is 5.77. The normalized spacial score (nSPS) is 14.7. The number of ether oxygens (including phenoxy) is 4. The minimum absolute atomic E-state index is 0.0383. The van der Waals surface area contributed by atoms with Crippen LogP contribution in [0.15, 0.2) is 30.6 Å². The van der Waals surface area contributed by atoms with Crippen molar-refractivity contribution in [3.63, 3.8) is 0 Å². The first-order chi connectivity index (χ1) is 14.6. The number of benzene rings is 1. The van der Waals surface area contributed by atoms with E-state index in [1.54, 1.807) is 21.3 Å². The third kappa shape index (κ3) is 5.73. The van der Waals surface area contributed by atoms with Crippen LogP contribution >= 0.6 is 0 Å². The zero-order chi connectivity index (χ0) is 21.3. The summed E-state index contributed by atoms with van der Waals surface area (Å²) in [6, 6.07) is 5.89. The summed E-state index contributed by atoms with van der Waals surface area (Å²) in [5.74, 6) is 2.96. The van der Waals surface area contributed by atoms with Gasteiger partial charge in [-0.3, -0.25) is 4.79 Å². The summed E-state index contributed by atoms with van der Waals surface area (Å²) in [7, 11) is 4.92. The number of likely N-dealkylation sites (tertiary alicyclic amines) is 1. The maximum atomic E-state index is 12.3. The second-order valence-corrected chi connectivity index (χ2v) is 7.33. The average molecular weight is 418 g/mol. The Hall–Kier alpha value is -2.58. The van der Waals surface area contributed by atoms with Crippen molar-refractivity contribution in [2.45, 2.75) is 25.3 Å². The summed E-state index contributed by atoms with van der Waals surface area (Å²) in [6.07, 6.45) is 5.63. The van der Waals surface area contributed by atoms with Crippen molar-refractivity contribution in [2.75, 3.05) is 54.2 Å². The van der Waals surface area contributed by atoms with Gasteiger partial charge in [0.2, 0.25) is 5.91 Å². The maximum Gasteiger partial charge on any atom is 0.248 e. The van der Waals surface area contributed by atoms with Gasteiger partial charge in [-0.05, 0) is 30.5 Å². The number of nitrogens with zero attached hydrogens (tertiary/aromatic N) is 3. The SMILES string of the molecule is COCCOCC(=O)N1CCC(c2nccn2Cc2cc(OC)cc(OC)c2)CC1. The quantitative estimate of drug-likeness (QED) is 0.553. The van der Waals surface area contributed by atoms with E-state index >= 15 is 0 Å². The van der Waals surface area contributed by atoms with Crippen molar-refractivity contribution in [3.05, 3.63) is 42.0 Å². The van der Waals surface area contributed by atoms with Crippen LogP contribution in [-0.2, 0) is 20.8 Å². The Morgan fingerprint density at radius 1 is 1.07 bits per heavy atom. The Labute approximate surface area is 177 Å². The Morgan fingerprint density at radius 2 is 1.77 bits per heavy atom. The van der Waals surface area contributed by atoms with E-state index in [1.165, 1.54) is 0 Å². The summed E-state index contributed by atoms with van der Waals surface area (Å²) >= 11 is 0. The topological polar surface area (TPSA) is 75.1 Å². The van der Waals surface area contributed by atoms with E-state index in [2.05, 4.69) is 9.55 Å². The fraction of sp³-hybridized carbons (Fsp3) is 0.545. The van der Waals surface area contributed by atoms with Gasteiger partial charge in [0.25, 0.3) is 0 Å². The van der Waals surface area contributed by atoms with Crippen molar-refractivity contribution >= 4 is 5.91 Å². The summed E-state index contributed by atoms with van der Waals surface area (Å²) < 4.78 is 23.2. The molecule has 0 spiro atoms. The molecule has 3 rings (SSSR count). The smallest absolute Gasteiger partial charge is 0.248 e. The number of piperidine rings is 1. The molecule has 0 saturated carbocycles. The molecule has 1 aliphatic rings. The van der Waals surface area contributed by atoms with E-state index in [1.807, 2.05) is 35.5 Å². The lowest BCUT2D eigenvalue weighted by atomic mass is 9.95. The number of aromatic nitrogens is 2. The zero-order valence-corrected chi connectivity index (χ0v) is 18.0. The number of rotatable bonds is 10. The Balaban J connectivity index is 1.58. The molecule has 164 valence electrons. The van der Waals surface area contributed by atoms with Crippen molar-refractivity contribution in [1.82, 2.24) is 14.5 Å². The predicted octanol–water partition coefficient (Wildman–Crippen LogP) is 2.32. The molecule has 8 nitrogen and oxygen atoms in total. The number of hydrogen-bond donors (Lipinski definition) is 0. The molecule has 1 amide bonds. The highest BCUT2D eigenvalue weighted by Gasteiger charge is 2.26. The van der Waals surface area contributed by atoms with Gasteiger partial charge >= 0.3 is 0 Å². The molecule has 0 bridgehead atoms. The fourth-order valence-corrected chi connectivity index (χ4v) is 3.75. The van der Waals surface area contributed by atoms with Crippen LogP contribution < -0.4 is 9.47 Å². The van der Waals surface area contributed by atoms with Crippen LogP contribution in [0.4, 0.5) is 0 Å². The monoisotopic (exact) mass is 417 g/mol. The largest absolute Gasteiger partial charge is 0.497 e. The highest BCUT2D eigenvalue weighted by atomic mass is 16.5. The van der Waals surface area contributed by atoms with Crippen molar-refractivity contribution in [2.24, 2.45) is 0 Å². The summed E-state index contributed by atoms with van der Waals surface area (Å²) in [6.45, 7) is 3.17. The fourth-order valence-electron chi connectivity index (χ4n) is 3.75. The Kier molecular flexibility index (Phi) is 8.10. The van der Waals surface area contributed by atoms with Gasteiger partial charge in [0.05, 0.1) is 27.4 Å². The van der Waals surface area contributed by atoms with E-state index in [-0.39, 0.29) is 12.5 Å². The van der Waals surface area contributed by atoms with Gasteiger partial charge in [-0.25, -0.2) is 4.98 Å². The molecule has 0 atom stereocenters. The molecule has 2 heterocycles. The molecule has 1 aromatic heterocycles. The van der Waals surface area contributed by atoms with Gasteiger partial charge < -0.3 is 28.4 Å². The van der Waals surface area contributed by atoms with Crippen LogP contribution in [0, 0.1) is 0 Å².